The van der Waals surface area contributed by atoms with E-state index >= 15 is 0 Å². The van der Waals surface area contributed by atoms with Gasteiger partial charge < -0.3 is 14.2 Å². The molecule has 0 spiro atoms. The van der Waals surface area contributed by atoms with Crippen LogP contribution < -0.4 is 10.1 Å². The van der Waals surface area contributed by atoms with E-state index in [0.717, 1.165) is 11.3 Å². The largest absolute Gasteiger partial charge is 0.497 e. The molecule has 1 aromatic carbocycles. The van der Waals surface area contributed by atoms with E-state index in [2.05, 4.69) is 5.32 Å². The molecule has 2 saturated heterocycles. The Balaban J connectivity index is 1.80. The lowest BCUT2D eigenvalue weighted by Crippen LogP contribution is -2.63. The molecular weight excluding hydrogens is 478 g/mol. The van der Waals surface area contributed by atoms with Crippen molar-refractivity contribution >= 4 is 23.8 Å². The van der Waals surface area contributed by atoms with Crippen LogP contribution in [-0.4, -0.2) is 77.8 Å². The molecule has 3 unspecified atom stereocenters. The fourth-order valence-corrected chi connectivity index (χ4v) is 4.63. The fraction of sp³-hybridized carbons (Fsp3) is 0.630. The first-order valence-electron chi connectivity index (χ1n) is 13.0. The smallest absolute Gasteiger partial charge is 0.331 e. The number of fused-ring (bicyclic) bond motifs is 1. The second kappa shape index (κ2) is 12.4. The zero-order valence-electron chi connectivity index (χ0n) is 22.5. The van der Waals surface area contributed by atoms with Crippen LogP contribution in [0.1, 0.15) is 65.4 Å². The number of hydrogen-bond acceptors (Lipinski definition) is 8. The molecule has 0 radical (unpaired) electrons. The molecule has 2 aliphatic heterocycles. The second-order valence-electron chi connectivity index (χ2n) is 10.3. The maximum atomic E-state index is 13.8. The van der Waals surface area contributed by atoms with Gasteiger partial charge in [0, 0.05) is 13.0 Å². The molecule has 0 bridgehead atoms. The normalized spacial score (nSPS) is 21.1. The number of amides is 2. The van der Waals surface area contributed by atoms with Crippen molar-refractivity contribution in [1.29, 1.82) is 0 Å². The Labute approximate surface area is 218 Å². The summed E-state index contributed by atoms with van der Waals surface area (Å²) in [4.78, 5) is 52.5. The first kappa shape index (κ1) is 28.4. The molecule has 3 atom stereocenters. The molecular formula is C27H39N3O7. The number of nitrogens with one attached hydrogen (secondary N) is 1. The summed E-state index contributed by atoms with van der Waals surface area (Å²) in [5, 5.41) is 5.80. The van der Waals surface area contributed by atoms with Crippen LogP contribution >= 0.6 is 0 Å². The van der Waals surface area contributed by atoms with Crippen LogP contribution in [0.4, 0.5) is 0 Å². The molecule has 2 fully saturated rings. The molecule has 10 heteroatoms. The van der Waals surface area contributed by atoms with Crippen molar-refractivity contribution in [3.05, 3.63) is 29.8 Å². The van der Waals surface area contributed by atoms with Crippen LogP contribution in [0.25, 0.3) is 0 Å². The number of carbonyl (C=O) groups excluding carboxylic acids is 4. The van der Waals surface area contributed by atoms with E-state index < -0.39 is 41.6 Å². The van der Waals surface area contributed by atoms with E-state index in [0.29, 0.717) is 32.2 Å². The minimum Gasteiger partial charge on any atom is -0.497 e. The van der Waals surface area contributed by atoms with Crippen molar-refractivity contribution in [2.24, 2.45) is 0 Å². The predicted octanol–water partition coefficient (Wildman–Crippen LogP) is 2.39. The molecule has 0 aromatic heterocycles. The number of hydrogen-bond donors (Lipinski definition) is 1. The van der Waals surface area contributed by atoms with Gasteiger partial charge in [-0.3, -0.25) is 24.7 Å². The number of hydrazine groups is 1. The second-order valence-corrected chi connectivity index (χ2v) is 10.3. The highest BCUT2D eigenvalue weighted by atomic mass is 16.6. The Morgan fingerprint density at radius 1 is 1.14 bits per heavy atom. The summed E-state index contributed by atoms with van der Waals surface area (Å²) in [6.45, 7) is 7.58. The van der Waals surface area contributed by atoms with Gasteiger partial charge in [-0.05, 0) is 77.5 Å². The van der Waals surface area contributed by atoms with Gasteiger partial charge in [-0.2, -0.15) is 0 Å². The van der Waals surface area contributed by atoms with Gasteiger partial charge in [0.05, 0.1) is 19.8 Å². The van der Waals surface area contributed by atoms with E-state index in [1.54, 1.807) is 34.8 Å². The van der Waals surface area contributed by atoms with Crippen LogP contribution in [0, 0.1) is 0 Å². The minimum atomic E-state index is -0.896. The molecule has 3 rings (SSSR count). The number of nitrogens with zero attached hydrogens (tertiary/aromatic N) is 2. The van der Waals surface area contributed by atoms with Crippen LogP contribution in [0.5, 0.6) is 5.75 Å². The van der Waals surface area contributed by atoms with Crippen LogP contribution in [-0.2, 0) is 35.1 Å². The first-order chi connectivity index (χ1) is 17.5. The van der Waals surface area contributed by atoms with Gasteiger partial charge in [0.1, 0.15) is 17.4 Å². The van der Waals surface area contributed by atoms with Crippen LogP contribution in [0.15, 0.2) is 24.3 Å². The highest BCUT2D eigenvalue weighted by Gasteiger charge is 2.46. The van der Waals surface area contributed by atoms with Crippen LogP contribution in [0.2, 0.25) is 0 Å². The molecule has 10 nitrogen and oxygen atoms in total. The Bertz CT molecular complexity index is 973. The fourth-order valence-electron chi connectivity index (χ4n) is 4.63. The summed E-state index contributed by atoms with van der Waals surface area (Å²) in [5.41, 5.74) is 0.276. The number of benzene rings is 1. The molecule has 0 saturated carbocycles. The zero-order valence-corrected chi connectivity index (χ0v) is 22.5. The third kappa shape index (κ3) is 7.44. The van der Waals surface area contributed by atoms with Gasteiger partial charge in [-0.25, -0.2) is 9.80 Å². The number of aryl methyl sites for hydroxylation is 1. The SMILES string of the molecule is CCOC(=O)C(CCc1ccc(OC)cc1)NC1CCC(=O)N2CCCC(C(=O)OC(C)(C)C)N2C1=O. The third-order valence-corrected chi connectivity index (χ3v) is 6.39. The topological polar surface area (TPSA) is 114 Å². The first-order valence-corrected chi connectivity index (χ1v) is 13.0. The third-order valence-electron chi connectivity index (χ3n) is 6.39. The van der Waals surface area contributed by atoms with Gasteiger partial charge in [0.15, 0.2) is 6.04 Å². The number of rotatable bonds is 9. The zero-order chi connectivity index (χ0) is 27.2. The average molecular weight is 518 g/mol. The number of carbonyl (C=O) groups is 4. The number of ether oxygens (including phenoxy) is 3. The lowest BCUT2D eigenvalue weighted by Gasteiger charge is -2.43. The molecule has 2 amide bonds. The summed E-state index contributed by atoms with van der Waals surface area (Å²) < 4.78 is 16.0. The summed E-state index contributed by atoms with van der Waals surface area (Å²) in [7, 11) is 1.60. The highest BCUT2D eigenvalue weighted by Crippen LogP contribution is 2.27. The standard InChI is InChI=1S/C27H39N3O7/c1-6-36-25(33)21(14-11-18-9-12-19(35-5)13-10-18)28-20-15-16-23(31)29-17-7-8-22(30(29)24(20)32)26(34)37-27(2,3)4/h9-10,12-13,20-22,28H,6-8,11,14-17H2,1-5H3. The van der Waals surface area contributed by atoms with Crippen molar-refractivity contribution in [2.45, 2.75) is 89.9 Å². The van der Waals surface area contributed by atoms with Gasteiger partial charge in [-0.15, -0.1) is 0 Å². The summed E-state index contributed by atoms with van der Waals surface area (Å²) in [5.74, 6) is -0.904. The molecule has 204 valence electrons. The lowest BCUT2D eigenvalue weighted by molar-refractivity contribution is -0.188. The molecule has 1 N–H and O–H groups in total. The Morgan fingerprint density at radius 3 is 2.46 bits per heavy atom. The van der Waals surface area contributed by atoms with Crippen molar-refractivity contribution in [1.82, 2.24) is 15.3 Å². The van der Waals surface area contributed by atoms with Crippen LogP contribution in [0.3, 0.4) is 0 Å². The predicted molar refractivity (Wildman–Crippen MR) is 135 cm³/mol. The minimum absolute atomic E-state index is 0.120. The average Bonchev–Trinajstić information content (AvgIpc) is 2.97. The monoisotopic (exact) mass is 517 g/mol. The quantitative estimate of drug-likeness (QED) is 0.497. The number of methoxy groups -OCH3 is 1. The summed E-state index contributed by atoms with van der Waals surface area (Å²) in [6.07, 6.45) is 2.28. The van der Waals surface area contributed by atoms with Crippen molar-refractivity contribution in [3.8, 4) is 5.75 Å². The van der Waals surface area contributed by atoms with E-state index in [1.807, 2.05) is 24.3 Å². The molecule has 0 aliphatic carbocycles. The Kier molecular flexibility index (Phi) is 9.53. The highest BCUT2D eigenvalue weighted by molar-refractivity contribution is 5.92. The Hall–Kier alpha value is -3.14. The van der Waals surface area contributed by atoms with E-state index in [-0.39, 0.29) is 25.4 Å². The van der Waals surface area contributed by atoms with Crippen molar-refractivity contribution in [2.75, 3.05) is 20.3 Å². The van der Waals surface area contributed by atoms with Gasteiger partial charge in [-0.1, -0.05) is 12.1 Å². The molecule has 2 aliphatic rings. The van der Waals surface area contributed by atoms with Gasteiger partial charge in [0.2, 0.25) is 5.91 Å². The van der Waals surface area contributed by atoms with E-state index in [1.165, 1.54) is 10.0 Å². The maximum Gasteiger partial charge on any atom is 0.331 e. The van der Waals surface area contributed by atoms with Crippen molar-refractivity contribution in [3.63, 3.8) is 0 Å². The van der Waals surface area contributed by atoms with Crippen molar-refractivity contribution < 1.29 is 33.4 Å². The maximum absolute atomic E-state index is 13.8. The Morgan fingerprint density at radius 2 is 1.84 bits per heavy atom. The van der Waals surface area contributed by atoms with Gasteiger partial charge in [0.25, 0.3) is 5.91 Å². The molecule has 2 heterocycles. The lowest BCUT2D eigenvalue weighted by atomic mass is 10.0. The van der Waals surface area contributed by atoms with Gasteiger partial charge >= 0.3 is 11.9 Å². The molecule has 37 heavy (non-hydrogen) atoms. The summed E-state index contributed by atoms with van der Waals surface area (Å²) >= 11 is 0. The number of esters is 2. The molecule has 1 aromatic rings. The van der Waals surface area contributed by atoms with E-state index in [9.17, 15) is 19.2 Å². The summed E-state index contributed by atoms with van der Waals surface area (Å²) in [6, 6.07) is 5.06. The van der Waals surface area contributed by atoms with E-state index in [4.69, 9.17) is 14.2 Å².